The van der Waals surface area contributed by atoms with Gasteiger partial charge in [-0.15, -0.1) is 0 Å². The Kier molecular flexibility index (Phi) is 3.55. The van der Waals surface area contributed by atoms with Crippen molar-refractivity contribution in [3.63, 3.8) is 0 Å². The quantitative estimate of drug-likeness (QED) is 0.857. The fraction of sp³-hybridized carbons (Fsp3) is 0.647. The molecule has 1 saturated carbocycles. The third kappa shape index (κ3) is 2.61. The van der Waals surface area contributed by atoms with Crippen LogP contribution in [0.5, 0.6) is 0 Å². The first-order valence-corrected chi connectivity index (χ1v) is 7.16. The van der Waals surface area contributed by atoms with E-state index in [4.69, 9.17) is 5.73 Å². The van der Waals surface area contributed by atoms with Crippen LogP contribution in [0.3, 0.4) is 0 Å². The highest BCUT2D eigenvalue weighted by Crippen LogP contribution is 2.43. The van der Waals surface area contributed by atoms with Crippen molar-refractivity contribution in [1.29, 1.82) is 0 Å². The number of hydrogen-bond donors (Lipinski definition) is 1. The Bertz CT molecular complexity index is 416. The largest absolute Gasteiger partial charge is 0.330 e. The van der Waals surface area contributed by atoms with Crippen LogP contribution >= 0.6 is 0 Å². The van der Waals surface area contributed by atoms with Gasteiger partial charge in [0.25, 0.3) is 0 Å². The second-order valence-corrected chi connectivity index (χ2v) is 7.13. The lowest BCUT2D eigenvalue weighted by atomic mass is 9.65. The molecule has 0 spiro atoms. The Morgan fingerprint density at radius 2 is 1.89 bits per heavy atom. The molecule has 1 nitrogen and oxygen atoms in total. The first-order chi connectivity index (χ1) is 8.36. The lowest BCUT2D eigenvalue weighted by Gasteiger charge is -2.41. The number of rotatable bonds is 3. The summed E-state index contributed by atoms with van der Waals surface area (Å²) in [5.74, 6) is 0. The maximum Gasteiger partial charge on any atom is -0.00173 e. The van der Waals surface area contributed by atoms with Crippen molar-refractivity contribution in [3.05, 3.63) is 34.9 Å². The Morgan fingerprint density at radius 1 is 1.22 bits per heavy atom. The van der Waals surface area contributed by atoms with Gasteiger partial charge in [-0.25, -0.2) is 0 Å². The standard InChI is InChI=1S/C17H27N/c1-13-10-15(16(2,3)4)7-6-14(13)11-17(12-18)8-5-9-17/h6-7,10H,5,8-9,11-12,18H2,1-4H3. The number of benzene rings is 1. The highest BCUT2D eigenvalue weighted by molar-refractivity contribution is 5.35. The lowest BCUT2D eigenvalue weighted by molar-refractivity contribution is 0.144. The van der Waals surface area contributed by atoms with E-state index in [0.717, 1.165) is 6.54 Å². The van der Waals surface area contributed by atoms with Crippen molar-refractivity contribution in [1.82, 2.24) is 0 Å². The van der Waals surface area contributed by atoms with Gasteiger partial charge < -0.3 is 5.73 Å². The first kappa shape index (κ1) is 13.6. The van der Waals surface area contributed by atoms with Gasteiger partial charge in [0.15, 0.2) is 0 Å². The van der Waals surface area contributed by atoms with Crippen molar-refractivity contribution in [2.75, 3.05) is 6.54 Å². The molecule has 0 radical (unpaired) electrons. The summed E-state index contributed by atoms with van der Waals surface area (Å²) in [5, 5.41) is 0. The summed E-state index contributed by atoms with van der Waals surface area (Å²) in [7, 11) is 0. The smallest absolute Gasteiger partial charge is 0.00173 e. The monoisotopic (exact) mass is 245 g/mol. The molecule has 0 unspecified atom stereocenters. The van der Waals surface area contributed by atoms with Crippen molar-refractivity contribution in [2.45, 2.75) is 58.8 Å². The molecular weight excluding hydrogens is 218 g/mol. The molecule has 2 rings (SSSR count). The maximum atomic E-state index is 5.97. The highest BCUT2D eigenvalue weighted by atomic mass is 14.6. The van der Waals surface area contributed by atoms with Gasteiger partial charge in [0.05, 0.1) is 0 Å². The van der Waals surface area contributed by atoms with Crippen LogP contribution in [0.15, 0.2) is 18.2 Å². The third-order valence-corrected chi connectivity index (χ3v) is 4.62. The SMILES string of the molecule is Cc1cc(C(C)(C)C)ccc1CC1(CN)CCC1. The molecule has 18 heavy (non-hydrogen) atoms. The molecule has 0 bridgehead atoms. The van der Waals surface area contributed by atoms with Crippen molar-refractivity contribution in [2.24, 2.45) is 11.1 Å². The van der Waals surface area contributed by atoms with E-state index in [2.05, 4.69) is 45.9 Å². The molecule has 1 aromatic rings. The normalized spacial score (nSPS) is 18.5. The Labute approximate surface area is 112 Å². The van der Waals surface area contributed by atoms with Gasteiger partial charge >= 0.3 is 0 Å². The van der Waals surface area contributed by atoms with E-state index in [1.54, 1.807) is 0 Å². The third-order valence-electron chi connectivity index (χ3n) is 4.62. The topological polar surface area (TPSA) is 26.0 Å². The zero-order valence-corrected chi connectivity index (χ0v) is 12.3. The summed E-state index contributed by atoms with van der Waals surface area (Å²) in [6, 6.07) is 6.98. The second-order valence-electron chi connectivity index (χ2n) is 7.13. The van der Waals surface area contributed by atoms with Crippen molar-refractivity contribution in [3.8, 4) is 0 Å². The molecule has 1 fully saturated rings. The zero-order valence-electron chi connectivity index (χ0n) is 12.3. The Hall–Kier alpha value is -0.820. The molecule has 0 amide bonds. The van der Waals surface area contributed by atoms with Crippen LogP contribution in [0.2, 0.25) is 0 Å². The van der Waals surface area contributed by atoms with Gasteiger partial charge in [0, 0.05) is 0 Å². The summed E-state index contributed by atoms with van der Waals surface area (Å²) in [6.45, 7) is 9.90. The molecule has 0 aliphatic heterocycles. The van der Waals surface area contributed by atoms with Crippen LogP contribution < -0.4 is 5.73 Å². The van der Waals surface area contributed by atoms with Crippen LogP contribution in [0, 0.1) is 12.3 Å². The summed E-state index contributed by atoms with van der Waals surface area (Å²) in [6.07, 6.45) is 5.14. The predicted molar refractivity (Wildman–Crippen MR) is 78.9 cm³/mol. The zero-order chi connectivity index (χ0) is 13.4. The Balaban J connectivity index is 2.20. The Morgan fingerprint density at radius 3 is 2.28 bits per heavy atom. The minimum atomic E-state index is 0.241. The van der Waals surface area contributed by atoms with Crippen LogP contribution in [0.4, 0.5) is 0 Å². The van der Waals surface area contributed by atoms with Gasteiger partial charge in [-0.3, -0.25) is 0 Å². The van der Waals surface area contributed by atoms with E-state index in [1.807, 2.05) is 0 Å². The fourth-order valence-corrected chi connectivity index (χ4v) is 2.89. The molecule has 1 aliphatic carbocycles. The average Bonchev–Trinajstić information content (AvgIpc) is 2.24. The minimum absolute atomic E-state index is 0.241. The van der Waals surface area contributed by atoms with Crippen molar-refractivity contribution >= 4 is 0 Å². The molecule has 100 valence electrons. The van der Waals surface area contributed by atoms with Crippen molar-refractivity contribution < 1.29 is 0 Å². The molecule has 0 saturated heterocycles. The molecule has 1 aliphatic rings. The van der Waals surface area contributed by atoms with E-state index >= 15 is 0 Å². The van der Waals surface area contributed by atoms with Gasteiger partial charge in [-0.1, -0.05) is 45.4 Å². The van der Waals surface area contributed by atoms with Crippen LogP contribution in [-0.4, -0.2) is 6.54 Å². The maximum absolute atomic E-state index is 5.97. The van der Waals surface area contributed by atoms with Gasteiger partial charge in [-0.05, 0) is 60.3 Å². The molecule has 1 heteroatoms. The molecule has 0 aromatic heterocycles. The summed E-state index contributed by atoms with van der Waals surface area (Å²) in [5.41, 5.74) is 11.0. The van der Waals surface area contributed by atoms with Gasteiger partial charge in [0.2, 0.25) is 0 Å². The number of hydrogen-bond acceptors (Lipinski definition) is 1. The van der Waals surface area contributed by atoms with Gasteiger partial charge in [-0.2, -0.15) is 0 Å². The van der Waals surface area contributed by atoms with Gasteiger partial charge in [0.1, 0.15) is 0 Å². The van der Waals surface area contributed by atoms with E-state index in [-0.39, 0.29) is 5.41 Å². The minimum Gasteiger partial charge on any atom is -0.330 e. The van der Waals surface area contributed by atoms with Crippen LogP contribution in [0.25, 0.3) is 0 Å². The van der Waals surface area contributed by atoms with Crippen LogP contribution in [0.1, 0.15) is 56.7 Å². The summed E-state index contributed by atoms with van der Waals surface area (Å²) >= 11 is 0. The molecule has 1 aromatic carbocycles. The fourth-order valence-electron chi connectivity index (χ4n) is 2.89. The van der Waals surface area contributed by atoms with E-state index in [9.17, 15) is 0 Å². The first-order valence-electron chi connectivity index (χ1n) is 7.16. The number of nitrogens with two attached hydrogens (primary N) is 1. The van der Waals surface area contributed by atoms with E-state index < -0.39 is 0 Å². The predicted octanol–water partition coefficient (Wildman–Crippen LogP) is 3.96. The number of aryl methyl sites for hydroxylation is 1. The second kappa shape index (κ2) is 4.70. The molecule has 2 N–H and O–H groups in total. The average molecular weight is 245 g/mol. The summed E-state index contributed by atoms with van der Waals surface area (Å²) < 4.78 is 0. The molecule has 0 atom stereocenters. The molecular formula is C17H27N. The van der Waals surface area contributed by atoms with Crippen LogP contribution in [-0.2, 0) is 11.8 Å². The lowest BCUT2D eigenvalue weighted by Crippen LogP contribution is -2.39. The summed E-state index contributed by atoms with van der Waals surface area (Å²) in [4.78, 5) is 0. The van der Waals surface area contributed by atoms with E-state index in [1.165, 1.54) is 42.4 Å². The van der Waals surface area contributed by atoms with E-state index in [0.29, 0.717) is 5.41 Å². The highest BCUT2D eigenvalue weighted by Gasteiger charge is 2.35. The molecule has 0 heterocycles.